The molecule has 184 valence electrons. The maximum absolute atomic E-state index is 10.2. The molecular formula is C36H15N5. The van der Waals surface area contributed by atoms with E-state index in [0.29, 0.717) is 10.8 Å². The minimum absolute atomic E-state index is 0.0641. The molecule has 5 heteroatoms. The van der Waals surface area contributed by atoms with Crippen molar-refractivity contribution in [3.63, 3.8) is 0 Å². The summed E-state index contributed by atoms with van der Waals surface area (Å²) in [6.07, 6.45) is 2.11. The number of fused-ring (bicyclic) bond motifs is 14. The van der Waals surface area contributed by atoms with Gasteiger partial charge in [0.25, 0.3) is 0 Å². The lowest BCUT2D eigenvalue weighted by molar-refractivity contribution is 1.30. The van der Waals surface area contributed by atoms with Gasteiger partial charge in [-0.1, -0.05) is 72.8 Å². The molecule has 0 N–H and O–H groups in total. The first-order valence-corrected chi connectivity index (χ1v) is 13.0. The minimum atomic E-state index is -0.0652. The van der Waals surface area contributed by atoms with Crippen LogP contribution in [0.1, 0.15) is 22.3 Å². The van der Waals surface area contributed by atoms with Crippen molar-refractivity contribution in [2.75, 3.05) is 0 Å². The van der Waals surface area contributed by atoms with E-state index in [1.165, 1.54) is 0 Å². The second-order valence-corrected chi connectivity index (χ2v) is 10.1. The van der Waals surface area contributed by atoms with Gasteiger partial charge in [0, 0.05) is 43.9 Å². The maximum Gasteiger partial charge on any atom is 0.102 e. The number of hydrogen-bond donors (Lipinski definition) is 0. The zero-order chi connectivity index (χ0) is 27.8. The van der Waals surface area contributed by atoms with Crippen LogP contribution in [0.5, 0.6) is 0 Å². The van der Waals surface area contributed by atoms with Gasteiger partial charge in [-0.2, -0.15) is 21.0 Å². The van der Waals surface area contributed by atoms with Crippen molar-refractivity contribution in [1.29, 1.82) is 21.0 Å². The molecule has 0 radical (unpaired) electrons. The quantitative estimate of drug-likeness (QED) is 0.149. The smallest absolute Gasteiger partial charge is 0.102 e. The van der Waals surface area contributed by atoms with E-state index in [2.05, 4.69) is 71.3 Å². The van der Waals surface area contributed by atoms with Gasteiger partial charge in [0.05, 0.1) is 33.3 Å². The molecule has 0 fully saturated rings. The van der Waals surface area contributed by atoms with E-state index in [1.807, 2.05) is 48.5 Å². The molecule has 0 aliphatic carbocycles. The fourth-order valence-electron chi connectivity index (χ4n) is 6.65. The first kappa shape index (κ1) is 22.6. The summed E-state index contributed by atoms with van der Waals surface area (Å²) in [7, 11) is 0. The summed E-state index contributed by atoms with van der Waals surface area (Å²) in [6.45, 7) is 0. The zero-order valence-corrected chi connectivity index (χ0v) is 21.4. The number of hydrogen-bond acceptors (Lipinski definition) is 4. The topological polar surface area (TPSA) is 99.6 Å². The molecule has 0 saturated heterocycles. The number of pyridine rings is 1. The third-order valence-electron chi connectivity index (χ3n) is 8.30. The van der Waals surface area contributed by atoms with E-state index < -0.39 is 0 Å². The Labute approximate surface area is 233 Å². The van der Waals surface area contributed by atoms with E-state index in [9.17, 15) is 21.0 Å². The summed E-state index contributed by atoms with van der Waals surface area (Å²) in [6, 6.07) is 37.2. The predicted octanol–water partition coefficient (Wildman–Crippen LogP) is 8.35. The standard InChI is InChI=1S/C36H15N5/c37-15-29-26-13-28-33(14-27(26)30(16-38)32(18-40)31(29)17-39)41-19-20-7-1-2-8-21(20)36(41)35-25-12-6-4-10-23(25)22-9-3-5-11-24(22)34(28)35/h1-14,19H. The monoisotopic (exact) mass is 517 g/mol. The minimum Gasteiger partial charge on any atom is -0.315 e. The molecule has 0 saturated carbocycles. The molecule has 8 aromatic rings. The Bertz CT molecular complexity index is 2680. The van der Waals surface area contributed by atoms with Crippen LogP contribution < -0.4 is 0 Å². The van der Waals surface area contributed by atoms with Gasteiger partial charge >= 0.3 is 0 Å². The molecule has 5 nitrogen and oxygen atoms in total. The average molecular weight is 518 g/mol. The van der Waals surface area contributed by atoms with E-state index in [1.54, 1.807) is 0 Å². The molecule has 0 unspecified atom stereocenters. The van der Waals surface area contributed by atoms with Crippen molar-refractivity contribution in [3.8, 4) is 24.3 Å². The van der Waals surface area contributed by atoms with Crippen LogP contribution >= 0.6 is 0 Å². The number of nitriles is 4. The van der Waals surface area contributed by atoms with E-state index in [0.717, 1.165) is 59.5 Å². The van der Waals surface area contributed by atoms with E-state index in [4.69, 9.17) is 0 Å². The lowest BCUT2D eigenvalue weighted by Crippen LogP contribution is -1.99. The highest BCUT2D eigenvalue weighted by atomic mass is 14.9. The van der Waals surface area contributed by atoms with Gasteiger partial charge in [0.2, 0.25) is 0 Å². The number of aromatic nitrogens is 1. The van der Waals surface area contributed by atoms with Crippen LogP contribution in [0, 0.1) is 45.3 Å². The molecule has 0 aliphatic heterocycles. The van der Waals surface area contributed by atoms with E-state index >= 15 is 0 Å². The van der Waals surface area contributed by atoms with Crippen molar-refractivity contribution in [2.24, 2.45) is 0 Å². The highest BCUT2D eigenvalue weighted by molar-refractivity contribution is 6.37. The van der Waals surface area contributed by atoms with Gasteiger partial charge in [0.1, 0.15) is 24.3 Å². The maximum atomic E-state index is 10.2. The molecule has 0 aliphatic rings. The molecule has 8 rings (SSSR count). The molecule has 0 atom stereocenters. The normalized spacial score (nSPS) is 11.3. The summed E-state index contributed by atoms with van der Waals surface area (Å²) in [4.78, 5) is 0. The van der Waals surface area contributed by atoms with Crippen LogP contribution in [0.3, 0.4) is 0 Å². The van der Waals surface area contributed by atoms with Gasteiger partial charge in [-0.15, -0.1) is 0 Å². The van der Waals surface area contributed by atoms with Crippen LogP contribution in [0.15, 0.2) is 91.1 Å². The molecule has 2 heterocycles. The molecule has 41 heavy (non-hydrogen) atoms. The zero-order valence-electron chi connectivity index (χ0n) is 21.4. The number of nitrogens with zero attached hydrogens (tertiary/aromatic N) is 5. The number of benzene rings is 6. The molecule has 0 spiro atoms. The second-order valence-electron chi connectivity index (χ2n) is 10.1. The fourth-order valence-corrected chi connectivity index (χ4v) is 6.65. The van der Waals surface area contributed by atoms with Crippen molar-refractivity contribution in [3.05, 3.63) is 113 Å². The number of rotatable bonds is 0. The van der Waals surface area contributed by atoms with Crippen LogP contribution in [0.25, 0.3) is 70.3 Å². The molecule has 0 bridgehead atoms. The highest BCUT2D eigenvalue weighted by Crippen LogP contribution is 2.45. The highest BCUT2D eigenvalue weighted by Gasteiger charge is 2.23. The summed E-state index contributed by atoms with van der Waals surface area (Å²) >= 11 is 0. The molecule has 2 aromatic heterocycles. The second kappa shape index (κ2) is 8.05. The van der Waals surface area contributed by atoms with E-state index in [-0.39, 0.29) is 22.3 Å². The molecular weight excluding hydrogens is 502 g/mol. The Morgan fingerprint density at radius 3 is 1.51 bits per heavy atom. The molecule has 0 amide bonds. The van der Waals surface area contributed by atoms with Gasteiger partial charge in [-0.25, -0.2) is 0 Å². The van der Waals surface area contributed by atoms with Crippen molar-refractivity contribution < 1.29 is 0 Å². The van der Waals surface area contributed by atoms with Crippen LogP contribution in [-0.2, 0) is 0 Å². The first-order valence-electron chi connectivity index (χ1n) is 13.0. The Morgan fingerprint density at radius 2 is 0.927 bits per heavy atom. The summed E-state index contributed by atoms with van der Waals surface area (Å²) in [5.41, 5.74) is 1.99. The van der Waals surface area contributed by atoms with Crippen molar-refractivity contribution in [1.82, 2.24) is 4.40 Å². The summed E-state index contributed by atoms with van der Waals surface area (Å²) < 4.78 is 2.17. The van der Waals surface area contributed by atoms with Crippen molar-refractivity contribution >= 4 is 70.3 Å². The average Bonchev–Trinajstić information content (AvgIpc) is 3.42. The Kier molecular flexibility index (Phi) is 4.43. The van der Waals surface area contributed by atoms with Crippen LogP contribution in [0.4, 0.5) is 0 Å². The van der Waals surface area contributed by atoms with Gasteiger partial charge < -0.3 is 4.40 Å². The largest absolute Gasteiger partial charge is 0.315 e. The molecule has 6 aromatic carbocycles. The first-order chi connectivity index (χ1) is 20.2. The Hall–Kier alpha value is -6.40. The van der Waals surface area contributed by atoms with Gasteiger partial charge in [0.15, 0.2) is 0 Å². The van der Waals surface area contributed by atoms with Crippen LogP contribution in [-0.4, -0.2) is 4.40 Å². The summed E-state index contributed by atoms with van der Waals surface area (Å²) in [5.74, 6) is 0. The lowest BCUT2D eigenvalue weighted by atomic mass is 9.87. The van der Waals surface area contributed by atoms with Crippen molar-refractivity contribution in [2.45, 2.75) is 0 Å². The third-order valence-corrected chi connectivity index (χ3v) is 8.30. The fraction of sp³-hybridized carbons (Fsp3) is 0. The summed E-state index contributed by atoms with van der Waals surface area (Å²) in [5, 5.41) is 50.9. The van der Waals surface area contributed by atoms with Gasteiger partial charge in [-0.3, -0.25) is 0 Å². The Morgan fingerprint density at radius 1 is 0.439 bits per heavy atom. The lowest BCUT2D eigenvalue weighted by Gasteiger charge is -2.17. The van der Waals surface area contributed by atoms with Gasteiger partial charge in [-0.05, 0) is 33.7 Å². The Balaban J connectivity index is 1.81. The SMILES string of the molecule is N#Cc1c(C#N)c(C#N)c2cc3c(cc2c1C#N)c1c2ccccc2c2ccccc2c1c1c2ccccc2cn31. The van der Waals surface area contributed by atoms with Crippen LogP contribution in [0.2, 0.25) is 0 Å². The third kappa shape index (κ3) is 2.74. The predicted molar refractivity (Wildman–Crippen MR) is 161 cm³/mol.